The van der Waals surface area contributed by atoms with Gasteiger partial charge in [0.25, 0.3) is 0 Å². The summed E-state index contributed by atoms with van der Waals surface area (Å²) in [5.41, 5.74) is -4.15. The molecule has 2 heterocycles. The molecule has 1 aromatic rings. The normalized spacial score (nSPS) is 52.3. The molecule has 0 amide bonds. The van der Waals surface area contributed by atoms with E-state index in [2.05, 4.69) is 0 Å². The van der Waals surface area contributed by atoms with Crippen molar-refractivity contribution in [1.82, 2.24) is 0 Å². The molecule has 192 valence electrons. The minimum Gasteiger partial charge on any atom is -0.462 e. The summed E-state index contributed by atoms with van der Waals surface area (Å²) < 4.78 is 17.0. The molecule has 4 aliphatic carbocycles. The number of aliphatic hydroxyl groups is 4. The lowest BCUT2D eigenvalue weighted by Crippen LogP contribution is -2.74. The highest BCUT2D eigenvalue weighted by atomic mass is 16.6. The quantitative estimate of drug-likeness (QED) is 0.449. The van der Waals surface area contributed by atoms with Crippen LogP contribution >= 0.6 is 0 Å². The molecule has 4 N–H and O–H groups in total. The van der Waals surface area contributed by atoms with Crippen LogP contribution in [0, 0.1) is 22.7 Å². The monoisotopic (exact) mass is 490 g/mol. The molecule has 4 unspecified atom stereocenters. The molecule has 11 atom stereocenters. The smallest absolute Gasteiger partial charge is 0.335 e. The fraction of sp³-hybridized carbons (Fsp3) is 0.769. The third-order valence-corrected chi connectivity index (χ3v) is 10.6. The molecule has 1 spiro atoms. The Morgan fingerprint density at radius 1 is 1.14 bits per heavy atom. The zero-order valence-electron chi connectivity index (χ0n) is 20.1. The van der Waals surface area contributed by atoms with Crippen LogP contribution in [-0.2, 0) is 14.3 Å². The number of fused-ring (bicyclic) bond motifs is 2. The largest absolute Gasteiger partial charge is 0.462 e. The van der Waals surface area contributed by atoms with E-state index in [4.69, 9.17) is 13.9 Å². The van der Waals surface area contributed by atoms with Gasteiger partial charge < -0.3 is 34.3 Å². The van der Waals surface area contributed by atoms with Crippen LogP contribution in [0.4, 0.5) is 0 Å². The molecule has 6 rings (SSSR count). The van der Waals surface area contributed by atoms with Gasteiger partial charge in [0, 0.05) is 37.2 Å². The van der Waals surface area contributed by atoms with E-state index in [1.54, 1.807) is 6.07 Å². The molecule has 9 nitrogen and oxygen atoms in total. The highest BCUT2D eigenvalue weighted by molar-refractivity contribution is 5.66. The summed E-state index contributed by atoms with van der Waals surface area (Å²) in [6.07, 6.45) is 0.333. The lowest BCUT2D eigenvalue weighted by Gasteiger charge is -2.66. The average Bonchev–Trinajstić information content (AvgIpc) is 3.21. The first-order valence-electron chi connectivity index (χ1n) is 12.7. The highest BCUT2D eigenvalue weighted by Crippen LogP contribution is 2.74. The maximum Gasteiger partial charge on any atom is 0.335 e. The number of ether oxygens (including phenoxy) is 2. The predicted molar refractivity (Wildman–Crippen MR) is 120 cm³/mol. The summed E-state index contributed by atoms with van der Waals surface area (Å²) >= 11 is 0. The van der Waals surface area contributed by atoms with E-state index in [0.717, 1.165) is 5.56 Å². The van der Waals surface area contributed by atoms with E-state index in [1.165, 1.54) is 19.3 Å². The minimum absolute atomic E-state index is 0.0580. The average molecular weight is 491 g/mol. The van der Waals surface area contributed by atoms with E-state index in [0.29, 0.717) is 25.7 Å². The first-order valence-corrected chi connectivity index (χ1v) is 12.7. The number of carbonyl (C=O) groups excluding carboxylic acids is 1. The van der Waals surface area contributed by atoms with Gasteiger partial charge in [0.05, 0.1) is 35.1 Å². The Hall–Kier alpha value is -1.78. The van der Waals surface area contributed by atoms with E-state index in [1.807, 2.05) is 6.92 Å². The second-order valence-electron chi connectivity index (χ2n) is 11.9. The van der Waals surface area contributed by atoms with Gasteiger partial charge in [-0.2, -0.15) is 0 Å². The van der Waals surface area contributed by atoms with Crippen LogP contribution in [0.3, 0.4) is 0 Å². The van der Waals surface area contributed by atoms with Crippen LogP contribution in [0.15, 0.2) is 27.6 Å². The van der Waals surface area contributed by atoms with E-state index >= 15 is 0 Å². The van der Waals surface area contributed by atoms with Crippen LogP contribution in [0.2, 0.25) is 0 Å². The third kappa shape index (κ3) is 2.82. The summed E-state index contributed by atoms with van der Waals surface area (Å²) in [6, 6.07) is 3.15. The molecule has 0 bridgehead atoms. The van der Waals surface area contributed by atoms with E-state index in [9.17, 15) is 30.0 Å². The zero-order valence-corrected chi connectivity index (χ0v) is 20.1. The van der Waals surface area contributed by atoms with Gasteiger partial charge in [-0.1, -0.05) is 6.92 Å². The van der Waals surface area contributed by atoms with Gasteiger partial charge in [-0.05, 0) is 55.6 Å². The molecular formula is C26H34O9. The van der Waals surface area contributed by atoms with Crippen LogP contribution in [-0.4, -0.2) is 62.2 Å². The summed E-state index contributed by atoms with van der Waals surface area (Å²) in [7, 11) is 0. The van der Waals surface area contributed by atoms with Crippen molar-refractivity contribution < 1.29 is 39.1 Å². The number of hydrogen-bond acceptors (Lipinski definition) is 9. The summed E-state index contributed by atoms with van der Waals surface area (Å²) in [5, 5.41) is 46.4. The Balaban J connectivity index is 1.46. The van der Waals surface area contributed by atoms with Crippen molar-refractivity contribution in [2.24, 2.45) is 22.7 Å². The SMILES string of the molecule is CC(=O)OC1C[C@H](O)C[C@@]2(O)CCC3C4[C@@H](C[C@]5(C)[C@@H](c6ccc(=O)oc6)CC[C@]35O)O[C@@H](O)C142. The number of aliphatic hydroxyl groups excluding tert-OH is 2. The summed E-state index contributed by atoms with van der Waals surface area (Å²) in [6.45, 7) is 3.32. The van der Waals surface area contributed by atoms with Crippen LogP contribution in [0.5, 0.6) is 0 Å². The van der Waals surface area contributed by atoms with E-state index < -0.39 is 64.1 Å². The Kier molecular flexibility index (Phi) is 4.98. The molecule has 1 aliphatic heterocycles. The molecule has 5 fully saturated rings. The van der Waals surface area contributed by atoms with Gasteiger partial charge in [0.2, 0.25) is 0 Å². The lowest BCUT2D eigenvalue weighted by molar-refractivity contribution is -0.304. The van der Waals surface area contributed by atoms with Crippen LogP contribution in [0.1, 0.15) is 70.3 Å². The molecule has 9 heteroatoms. The Labute approximate surface area is 203 Å². The van der Waals surface area contributed by atoms with Crippen molar-refractivity contribution in [3.8, 4) is 0 Å². The molecule has 0 radical (unpaired) electrons. The van der Waals surface area contributed by atoms with Gasteiger partial charge in [-0.3, -0.25) is 4.79 Å². The van der Waals surface area contributed by atoms with Gasteiger partial charge in [0.15, 0.2) is 6.29 Å². The second kappa shape index (κ2) is 7.38. The van der Waals surface area contributed by atoms with Crippen molar-refractivity contribution >= 4 is 5.97 Å². The topological polar surface area (TPSA) is 147 Å². The molecule has 1 saturated heterocycles. The van der Waals surface area contributed by atoms with Gasteiger partial charge in [0.1, 0.15) is 6.10 Å². The van der Waals surface area contributed by atoms with Crippen LogP contribution in [0.25, 0.3) is 0 Å². The number of carbonyl (C=O) groups is 1. The summed E-state index contributed by atoms with van der Waals surface area (Å²) in [4.78, 5) is 23.6. The van der Waals surface area contributed by atoms with Crippen molar-refractivity contribution in [3.63, 3.8) is 0 Å². The molecule has 1 aromatic heterocycles. The second-order valence-corrected chi connectivity index (χ2v) is 11.9. The fourth-order valence-electron chi connectivity index (χ4n) is 9.40. The predicted octanol–water partition coefficient (Wildman–Crippen LogP) is 1.21. The van der Waals surface area contributed by atoms with Crippen molar-refractivity contribution in [1.29, 1.82) is 0 Å². The minimum atomic E-state index is -1.49. The molecule has 5 aliphatic rings. The van der Waals surface area contributed by atoms with Gasteiger partial charge in [-0.25, -0.2) is 4.79 Å². The first-order chi connectivity index (χ1) is 16.5. The number of rotatable bonds is 2. The van der Waals surface area contributed by atoms with Crippen molar-refractivity contribution in [3.05, 3.63) is 34.4 Å². The molecular weight excluding hydrogens is 456 g/mol. The lowest BCUT2D eigenvalue weighted by atomic mass is 9.41. The Morgan fingerprint density at radius 3 is 2.60 bits per heavy atom. The molecule has 0 aromatic carbocycles. The highest BCUT2D eigenvalue weighted by Gasteiger charge is 2.81. The Bertz CT molecular complexity index is 1080. The summed E-state index contributed by atoms with van der Waals surface area (Å²) in [5.74, 6) is -1.38. The zero-order chi connectivity index (χ0) is 25.0. The van der Waals surface area contributed by atoms with Crippen LogP contribution < -0.4 is 5.63 Å². The van der Waals surface area contributed by atoms with Gasteiger partial charge >= 0.3 is 11.6 Å². The first kappa shape index (κ1) is 23.6. The van der Waals surface area contributed by atoms with Crippen molar-refractivity contribution in [2.75, 3.05) is 0 Å². The number of esters is 1. The number of hydrogen-bond donors (Lipinski definition) is 4. The van der Waals surface area contributed by atoms with E-state index in [-0.39, 0.29) is 31.1 Å². The molecule has 4 saturated carbocycles. The Morgan fingerprint density at radius 2 is 1.91 bits per heavy atom. The third-order valence-electron chi connectivity index (χ3n) is 10.6. The standard InChI is InChI=1S/C26H34O9/c1-13(27)34-19-9-15(28)10-24(31)7-5-17-21-18(35-22(30)26(19,21)24)11-23(2)16(6-8-25(17,23)32)14-3-4-20(29)33-12-14/h3-4,12,15-19,21-22,28,30-32H,5-11H2,1-2H3/t15-,16+,17?,18+,19?,21?,22+,23+,24-,25-,26?/m0/s1. The van der Waals surface area contributed by atoms with Crippen molar-refractivity contribution in [2.45, 2.75) is 101 Å². The fourth-order valence-corrected chi connectivity index (χ4v) is 9.40. The maximum absolute atomic E-state index is 12.4. The van der Waals surface area contributed by atoms with Gasteiger partial charge in [-0.15, -0.1) is 0 Å². The molecule has 35 heavy (non-hydrogen) atoms. The maximum atomic E-state index is 12.4.